The number of ether oxygens (including phenoxy) is 2. The largest absolute Gasteiger partial charge is 0.472 e. The zero-order valence-corrected chi connectivity index (χ0v) is 12.8. The summed E-state index contributed by atoms with van der Waals surface area (Å²) in [5.41, 5.74) is 5.13. The molecule has 11 nitrogen and oxygen atoms in total. The molecule has 7 atom stereocenters. The van der Waals surface area contributed by atoms with Crippen LogP contribution in [0.25, 0.3) is 0 Å². The highest BCUT2D eigenvalue weighted by molar-refractivity contribution is 7.47. The summed E-state index contributed by atoms with van der Waals surface area (Å²) in [7, 11) is -3.43. The number of methoxy groups -OCH3 is 1. The Labute approximate surface area is 126 Å². The molecule has 12 heteroatoms. The van der Waals surface area contributed by atoms with Gasteiger partial charge in [-0.25, -0.2) is 4.57 Å². The van der Waals surface area contributed by atoms with Gasteiger partial charge in [0, 0.05) is 13.7 Å². The zero-order chi connectivity index (χ0) is 16.9. The van der Waals surface area contributed by atoms with Gasteiger partial charge in [-0.2, -0.15) is 0 Å². The maximum Gasteiger partial charge on any atom is 0.472 e. The first-order valence-electron chi connectivity index (χ1n) is 6.46. The Bertz CT molecular complexity index is 385. The molecule has 0 radical (unpaired) electrons. The Kier molecular flexibility index (Phi) is 7.79. The second-order valence-corrected chi connectivity index (χ2v) is 6.00. The highest BCUT2D eigenvalue weighted by Gasteiger charge is 2.50. The molecule has 0 aromatic rings. The summed E-state index contributed by atoms with van der Waals surface area (Å²) >= 11 is 0. The summed E-state index contributed by atoms with van der Waals surface area (Å²) in [5, 5.41) is 38.6. The summed E-state index contributed by atoms with van der Waals surface area (Å²) in [6, 6.07) is 0. The number of hydrogen-bond donors (Lipinski definition) is 6. The third-order valence-electron chi connectivity index (χ3n) is 3.01. The van der Waals surface area contributed by atoms with Gasteiger partial charge in [0.2, 0.25) is 0 Å². The average molecular weight is 347 g/mol. The zero-order valence-electron chi connectivity index (χ0n) is 11.9. The van der Waals surface area contributed by atoms with Crippen LogP contribution in [0, 0.1) is 0 Å². The van der Waals surface area contributed by atoms with Crippen LogP contribution in [-0.2, 0) is 23.1 Å². The second kappa shape index (κ2) is 8.62. The molecule has 0 amide bonds. The van der Waals surface area contributed by atoms with E-state index in [2.05, 4.69) is 4.52 Å². The van der Waals surface area contributed by atoms with E-state index in [0.717, 1.165) is 0 Å². The lowest BCUT2D eigenvalue weighted by Gasteiger charge is -2.43. The Hall–Kier alpha value is -0.170. The number of nitrogens with two attached hydrogens (primary N) is 1. The lowest BCUT2D eigenvalue weighted by Crippen LogP contribution is -2.62. The third kappa shape index (κ3) is 4.91. The first-order chi connectivity index (χ1) is 10.3. The van der Waals surface area contributed by atoms with Crippen LogP contribution in [0.2, 0.25) is 0 Å². The van der Waals surface area contributed by atoms with Crippen molar-refractivity contribution in [1.82, 2.24) is 0 Å². The third-order valence-corrected chi connectivity index (χ3v) is 4.02. The monoisotopic (exact) mass is 347 g/mol. The molecule has 1 rings (SSSR count). The molecule has 22 heavy (non-hydrogen) atoms. The lowest BCUT2D eigenvalue weighted by atomic mass is 9.95. The molecule has 0 spiro atoms. The molecule has 1 heterocycles. The molecule has 0 aromatic carbocycles. The summed E-state index contributed by atoms with van der Waals surface area (Å²) in [6.07, 6.45) is -9.28. The van der Waals surface area contributed by atoms with E-state index in [-0.39, 0.29) is 13.2 Å². The van der Waals surface area contributed by atoms with E-state index in [4.69, 9.17) is 24.8 Å². The minimum absolute atomic E-state index is 0.0423. The van der Waals surface area contributed by atoms with Gasteiger partial charge in [-0.05, 0) is 0 Å². The van der Waals surface area contributed by atoms with Crippen LogP contribution in [0.1, 0.15) is 0 Å². The highest BCUT2D eigenvalue weighted by atomic mass is 31.2. The van der Waals surface area contributed by atoms with Crippen molar-refractivity contribution in [2.75, 3.05) is 26.9 Å². The lowest BCUT2D eigenvalue weighted by molar-refractivity contribution is -0.303. The number of phosphoric acid groups is 1. The molecule has 1 fully saturated rings. The van der Waals surface area contributed by atoms with Crippen molar-refractivity contribution in [2.24, 2.45) is 5.73 Å². The van der Waals surface area contributed by atoms with Gasteiger partial charge in [-0.1, -0.05) is 0 Å². The molecular formula is C10H22NO10P. The van der Waals surface area contributed by atoms with E-state index in [9.17, 15) is 24.8 Å². The van der Waals surface area contributed by atoms with Crippen LogP contribution in [0.5, 0.6) is 0 Å². The molecule has 0 saturated carbocycles. The van der Waals surface area contributed by atoms with Crippen molar-refractivity contribution >= 4 is 7.82 Å². The molecule has 132 valence electrons. The number of rotatable bonds is 8. The van der Waals surface area contributed by atoms with Crippen molar-refractivity contribution < 1.29 is 48.4 Å². The van der Waals surface area contributed by atoms with Gasteiger partial charge in [0.1, 0.15) is 30.5 Å². The van der Waals surface area contributed by atoms with Crippen molar-refractivity contribution in [2.45, 2.75) is 36.8 Å². The molecule has 0 aromatic heterocycles. The van der Waals surface area contributed by atoms with Crippen LogP contribution in [0.4, 0.5) is 0 Å². The maximum atomic E-state index is 11.7. The van der Waals surface area contributed by atoms with Crippen LogP contribution in [0.15, 0.2) is 0 Å². The van der Waals surface area contributed by atoms with Crippen molar-refractivity contribution in [1.29, 1.82) is 0 Å². The summed E-state index contributed by atoms with van der Waals surface area (Å²) in [5.74, 6) is 0. The quantitative estimate of drug-likeness (QED) is 0.245. The van der Waals surface area contributed by atoms with Gasteiger partial charge in [0.25, 0.3) is 0 Å². The van der Waals surface area contributed by atoms with Gasteiger partial charge in [0.15, 0.2) is 6.29 Å². The predicted octanol–water partition coefficient (Wildman–Crippen LogP) is -3.11. The Balaban J connectivity index is 2.90. The van der Waals surface area contributed by atoms with E-state index in [1.807, 2.05) is 0 Å². The van der Waals surface area contributed by atoms with Gasteiger partial charge in [0.05, 0.1) is 13.2 Å². The molecule has 1 saturated heterocycles. The van der Waals surface area contributed by atoms with Crippen molar-refractivity contribution in [3.8, 4) is 0 Å². The summed E-state index contributed by atoms with van der Waals surface area (Å²) in [6.45, 7) is -1.07. The smallest absolute Gasteiger partial charge is 0.394 e. The van der Waals surface area contributed by atoms with E-state index < -0.39 is 51.2 Å². The fourth-order valence-corrected chi connectivity index (χ4v) is 2.91. The minimum Gasteiger partial charge on any atom is -0.394 e. The molecule has 0 bridgehead atoms. The molecule has 1 aliphatic rings. The van der Waals surface area contributed by atoms with Gasteiger partial charge >= 0.3 is 7.82 Å². The highest BCUT2D eigenvalue weighted by Crippen LogP contribution is 2.46. The van der Waals surface area contributed by atoms with E-state index in [1.54, 1.807) is 0 Å². The van der Waals surface area contributed by atoms with E-state index >= 15 is 0 Å². The number of phosphoric ester groups is 1. The number of aliphatic hydroxyl groups excluding tert-OH is 4. The van der Waals surface area contributed by atoms with Gasteiger partial charge in [-0.3, -0.25) is 9.05 Å². The van der Waals surface area contributed by atoms with Crippen LogP contribution >= 0.6 is 7.82 Å². The number of hydrogen-bond acceptors (Lipinski definition) is 10. The first-order valence-corrected chi connectivity index (χ1v) is 7.96. The van der Waals surface area contributed by atoms with Crippen LogP contribution < -0.4 is 5.73 Å². The van der Waals surface area contributed by atoms with Crippen LogP contribution in [-0.4, -0.2) is 89.0 Å². The van der Waals surface area contributed by atoms with Crippen LogP contribution in [0.3, 0.4) is 0 Å². The fourth-order valence-electron chi connectivity index (χ4n) is 1.95. The van der Waals surface area contributed by atoms with Gasteiger partial charge < -0.3 is 40.5 Å². The van der Waals surface area contributed by atoms with Gasteiger partial charge in [-0.15, -0.1) is 0 Å². The average Bonchev–Trinajstić information content (AvgIpc) is 2.49. The van der Waals surface area contributed by atoms with Crippen molar-refractivity contribution in [3.63, 3.8) is 0 Å². The molecular weight excluding hydrogens is 325 g/mol. The van der Waals surface area contributed by atoms with E-state index in [1.165, 1.54) is 7.11 Å². The Morgan fingerprint density at radius 3 is 2.50 bits per heavy atom. The second-order valence-electron chi connectivity index (χ2n) is 4.60. The molecule has 0 aliphatic carbocycles. The Morgan fingerprint density at radius 1 is 1.36 bits per heavy atom. The molecule has 7 N–H and O–H groups in total. The normalized spacial score (nSPS) is 36.8. The maximum absolute atomic E-state index is 11.7. The Morgan fingerprint density at radius 2 is 2.00 bits per heavy atom. The topological polar surface area (TPSA) is 181 Å². The van der Waals surface area contributed by atoms with E-state index in [0.29, 0.717) is 0 Å². The predicted molar refractivity (Wildman–Crippen MR) is 70.5 cm³/mol. The standard InChI is InChI=1S/C10H22NO10P/c1-18-10-7(15)9(21-22(16,17)19-3-2-11)6(14)8(20-10)5(13)4-12/h5-10,12-15H,2-4,11H2,1H3,(H,16,17)/t5-,6+,7-,8+,9-,10-/m0/s1. The SMILES string of the molecule is CO[C@H]1O[C@H]([C@@H](O)CO)[C@@H](O)[C@H](OP(=O)(O)OCCN)[C@@H]1O. The first kappa shape index (κ1) is 19.9. The van der Waals surface area contributed by atoms with Crippen molar-refractivity contribution in [3.05, 3.63) is 0 Å². The molecule has 1 aliphatic heterocycles. The summed E-state index contributed by atoms with van der Waals surface area (Å²) < 4.78 is 30.9. The summed E-state index contributed by atoms with van der Waals surface area (Å²) in [4.78, 5) is 9.51. The minimum atomic E-state index is -4.61. The molecule has 1 unspecified atom stereocenters. The fraction of sp³-hybridized carbons (Fsp3) is 1.00. The number of aliphatic hydroxyl groups is 4.